The number of nitrogens with one attached hydrogen (secondary N) is 2. The fraction of sp³-hybridized carbons (Fsp3) is 0.414. The summed E-state index contributed by atoms with van der Waals surface area (Å²) in [6, 6.07) is 14.6. The van der Waals surface area contributed by atoms with Gasteiger partial charge in [0.2, 0.25) is 11.8 Å². The number of terminal acetylenes is 1. The molecule has 3 unspecified atom stereocenters. The van der Waals surface area contributed by atoms with Gasteiger partial charge in [0, 0.05) is 19.2 Å². The highest BCUT2D eigenvalue weighted by molar-refractivity contribution is 5.92. The lowest BCUT2D eigenvalue weighted by Crippen LogP contribution is -2.54. The normalized spacial score (nSPS) is 13.5. The summed E-state index contributed by atoms with van der Waals surface area (Å²) < 4.78 is 5.38. The van der Waals surface area contributed by atoms with Gasteiger partial charge in [-0.3, -0.25) is 9.59 Å². The monoisotopic (exact) mass is 491 g/mol. The number of hydrogen-bond acceptors (Lipinski definition) is 4. The Kier molecular flexibility index (Phi) is 10.1. The first-order valence-electron chi connectivity index (χ1n) is 12.1. The molecule has 0 spiro atoms. The number of benzene rings is 2. The summed E-state index contributed by atoms with van der Waals surface area (Å²) in [5.41, 5.74) is 1.25. The van der Waals surface area contributed by atoms with Crippen molar-refractivity contribution in [3.63, 3.8) is 0 Å². The summed E-state index contributed by atoms with van der Waals surface area (Å²) in [5.74, 6) is 1.61. The molecule has 2 N–H and O–H groups in total. The van der Waals surface area contributed by atoms with Gasteiger partial charge in [-0.2, -0.15) is 0 Å². The molecule has 7 nitrogen and oxygen atoms in total. The topological polar surface area (TPSA) is 87.7 Å². The van der Waals surface area contributed by atoms with Crippen LogP contribution in [0.15, 0.2) is 54.6 Å². The van der Waals surface area contributed by atoms with Gasteiger partial charge in [0.25, 0.3) is 0 Å². The third-order valence-electron chi connectivity index (χ3n) is 5.85. The van der Waals surface area contributed by atoms with Gasteiger partial charge in [-0.25, -0.2) is 4.79 Å². The molecule has 36 heavy (non-hydrogen) atoms. The zero-order valence-corrected chi connectivity index (χ0v) is 22.0. The van der Waals surface area contributed by atoms with Crippen LogP contribution in [0.4, 0.5) is 4.79 Å². The number of carbonyl (C=O) groups excluding carboxylic acids is 3. The SMILES string of the molecule is C#Cc1ccccc1C(C(=O)NCc1ccccc1)N(C)C(=O)C(NC(=O)OC(C)(C)C)C(C)CC. The molecule has 0 fully saturated rings. The van der Waals surface area contributed by atoms with E-state index in [1.165, 1.54) is 4.90 Å². The Morgan fingerprint density at radius 3 is 2.25 bits per heavy atom. The first kappa shape index (κ1) is 28.4. The number of nitrogens with zero attached hydrogens (tertiary/aromatic N) is 1. The van der Waals surface area contributed by atoms with E-state index in [0.717, 1.165) is 5.56 Å². The second kappa shape index (κ2) is 12.8. The summed E-state index contributed by atoms with van der Waals surface area (Å²) in [6.07, 6.45) is 5.67. The average molecular weight is 492 g/mol. The van der Waals surface area contributed by atoms with E-state index in [-0.39, 0.29) is 11.8 Å². The quantitative estimate of drug-likeness (QED) is 0.508. The van der Waals surface area contributed by atoms with Gasteiger partial charge < -0.3 is 20.3 Å². The van der Waals surface area contributed by atoms with Crippen molar-refractivity contribution >= 4 is 17.9 Å². The molecule has 3 amide bonds. The fourth-order valence-electron chi connectivity index (χ4n) is 3.74. The van der Waals surface area contributed by atoms with Crippen molar-refractivity contribution in [2.45, 2.75) is 65.3 Å². The average Bonchev–Trinajstić information content (AvgIpc) is 2.85. The van der Waals surface area contributed by atoms with Crippen LogP contribution in [0.3, 0.4) is 0 Å². The molecular formula is C29H37N3O4. The minimum absolute atomic E-state index is 0.205. The number of ether oxygens (including phenoxy) is 1. The highest BCUT2D eigenvalue weighted by Crippen LogP contribution is 2.26. The molecule has 0 aliphatic carbocycles. The molecule has 2 aromatic rings. The van der Waals surface area contributed by atoms with Crippen LogP contribution in [0.1, 0.15) is 63.8 Å². The van der Waals surface area contributed by atoms with Crippen molar-refractivity contribution < 1.29 is 19.1 Å². The predicted molar refractivity (Wildman–Crippen MR) is 141 cm³/mol. The molecule has 192 valence electrons. The molecular weight excluding hydrogens is 454 g/mol. The van der Waals surface area contributed by atoms with Gasteiger partial charge in [-0.15, -0.1) is 6.42 Å². The minimum Gasteiger partial charge on any atom is -0.444 e. The lowest BCUT2D eigenvalue weighted by molar-refractivity contribution is -0.141. The first-order chi connectivity index (χ1) is 17.0. The Labute approximate surface area is 214 Å². The number of amides is 3. The Bertz CT molecular complexity index is 1090. The summed E-state index contributed by atoms with van der Waals surface area (Å²) in [6.45, 7) is 9.35. The zero-order valence-electron chi connectivity index (χ0n) is 22.0. The molecule has 3 atom stereocenters. The molecule has 0 saturated heterocycles. The van der Waals surface area contributed by atoms with E-state index in [1.54, 1.807) is 52.1 Å². The van der Waals surface area contributed by atoms with Crippen LogP contribution in [0, 0.1) is 18.3 Å². The molecule has 2 rings (SSSR count). The van der Waals surface area contributed by atoms with Crippen molar-refractivity contribution in [3.05, 3.63) is 71.3 Å². The summed E-state index contributed by atoms with van der Waals surface area (Å²) >= 11 is 0. The Hall–Kier alpha value is -3.79. The zero-order chi connectivity index (χ0) is 26.9. The van der Waals surface area contributed by atoms with Crippen molar-refractivity contribution in [2.75, 3.05) is 7.05 Å². The molecule has 0 aliphatic heterocycles. The first-order valence-corrected chi connectivity index (χ1v) is 12.1. The van der Waals surface area contributed by atoms with Gasteiger partial charge in [0.05, 0.1) is 0 Å². The third-order valence-corrected chi connectivity index (χ3v) is 5.85. The molecule has 0 heterocycles. The van der Waals surface area contributed by atoms with E-state index in [2.05, 4.69) is 16.6 Å². The number of alkyl carbamates (subject to hydrolysis) is 1. The molecule has 0 aromatic heterocycles. The molecule has 0 bridgehead atoms. The maximum atomic E-state index is 13.8. The highest BCUT2D eigenvalue weighted by atomic mass is 16.6. The lowest BCUT2D eigenvalue weighted by atomic mass is 9.94. The standard InChI is InChI=1S/C29H37N3O4/c1-8-20(3)24(31-28(35)36-29(4,5)6)27(34)32(7)25(23-18-14-13-17-22(23)9-2)26(33)30-19-21-15-11-10-12-16-21/h2,10-18,20,24-25H,8,19H2,1,3-7H3,(H,30,33)(H,31,35). The second-order valence-corrected chi connectivity index (χ2v) is 9.80. The van der Waals surface area contributed by atoms with Gasteiger partial charge in [0.1, 0.15) is 17.7 Å². The number of rotatable bonds is 9. The van der Waals surface area contributed by atoms with Crippen LogP contribution in [0.2, 0.25) is 0 Å². The predicted octanol–water partition coefficient (Wildman–Crippen LogP) is 4.42. The third kappa shape index (κ3) is 7.88. The Morgan fingerprint density at radius 1 is 1.06 bits per heavy atom. The molecule has 2 aromatic carbocycles. The van der Waals surface area contributed by atoms with Gasteiger partial charge in [-0.05, 0) is 43.9 Å². The summed E-state index contributed by atoms with van der Waals surface area (Å²) in [4.78, 5) is 41.2. The molecule has 7 heteroatoms. The van der Waals surface area contributed by atoms with Gasteiger partial charge in [0.15, 0.2) is 0 Å². The van der Waals surface area contributed by atoms with E-state index >= 15 is 0 Å². The van der Waals surface area contributed by atoms with Crippen LogP contribution in [0.5, 0.6) is 0 Å². The summed E-state index contributed by atoms with van der Waals surface area (Å²) in [7, 11) is 1.55. The van der Waals surface area contributed by atoms with Crippen LogP contribution in [-0.2, 0) is 20.9 Å². The maximum Gasteiger partial charge on any atom is 0.408 e. The highest BCUT2D eigenvalue weighted by Gasteiger charge is 2.36. The van der Waals surface area contributed by atoms with Crippen LogP contribution >= 0.6 is 0 Å². The van der Waals surface area contributed by atoms with Gasteiger partial charge >= 0.3 is 6.09 Å². The van der Waals surface area contributed by atoms with Crippen molar-refractivity contribution in [3.8, 4) is 12.3 Å². The van der Waals surface area contributed by atoms with E-state index in [0.29, 0.717) is 24.1 Å². The molecule has 0 saturated carbocycles. The van der Waals surface area contributed by atoms with Gasteiger partial charge in [-0.1, -0.05) is 74.7 Å². The van der Waals surface area contributed by atoms with Crippen LogP contribution in [0.25, 0.3) is 0 Å². The van der Waals surface area contributed by atoms with Crippen LogP contribution < -0.4 is 10.6 Å². The Morgan fingerprint density at radius 2 is 1.67 bits per heavy atom. The van der Waals surface area contributed by atoms with Crippen molar-refractivity contribution in [1.82, 2.24) is 15.5 Å². The van der Waals surface area contributed by atoms with Crippen molar-refractivity contribution in [1.29, 1.82) is 0 Å². The van der Waals surface area contributed by atoms with Crippen LogP contribution in [-0.4, -0.2) is 41.5 Å². The smallest absolute Gasteiger partial charge is 0.408 e. The number of hydrogen-bond donors (Lipinski definition) is 2. The Balaban J connectivity index is 2.39. The fourth-order valence-corrected chi connectivity index (χ4v) is 3.74. The second-order valence-electron chi connectivity index (χ2n) is 9.80. The largest absolute Gasteiger partial charge is 0.444 e. The van der Waals surface area contributed by atoms with E-state index in [9.17, 15) is 14.4 Å². The van der Waals surface area contributed by atoms with E-state index in [4.69, 9.17) is 11.2 Å². The van der Waals surface area contributed by atoms with Crippen molar-refractivity contribution in [2.24, 2.45) is 5.92 Å². The minimum atomic E-state index is -1.000. The molecule has 0 aliphatic rings. The lowest BCUT2D eigenvalue weighted by Gasteiger charge is -2.34. The number of likely N-dealkylation sites (N-methyl/N-ethyl adjacent to an activating group) is 1. The van der Waals surface area contributed by atoms with E-state index < -0.39 is 29.7 Å². The van der Waals surface area contributed by atoms with E-state index in [1.807, 2.05) is 44.2 Å². The maximum absolute atomic E-state index is 13.8. The number of carbonyl (C=O) groups is 3. The molecule has 0 radical (unpaired) electrons. The summed E-state index contributed by atoms with van der Waals surface area (Å²) in [5, 5.41) is 5.64.